The highest BCUT2D eigenvalue weighted by Crippen LogP contribution is 2.39. The van der Waals surface area contributed by atoms with Gasteiger partial charge in [-0.05, 0) is 38.1 Å². The van der Waals surface area contributed by atoms with Gasteiger partial charge in [-0.2, -0.15) is 16.8 Å². The van der Waals surface area contributed by atoms with Gasteiger partial charge in [0.25, 0.3) is 20.2 Å². The molecule has 0 saturated heterocycles. The first-order chi connectivity index (χ1) is 13.9. The van der Waals surface area contributed by atoms with Crippen molar-refractivity contribution in [3.63, 3.8) is 0 Å². The van der Waals surface area contributed by atoms with Gasteiger partial charge in [-0.15, -0.1) is 0 Å². The Morgan fingerprint density at radius 3 is 1.17 bits per heavy atom. The zero-order valence-electron chi connectivity index (χ0n) is 15.9. The second kappa shape index (κ2) is 8.07. The summed E-state index contributed by atoms with van der Waals surface area (Å²) in [5.41, 5.74) is 1.83. The van der Waals surface area contributed by atoms with Gasteiger partial charge in [-0.25, -0.2) is 0 Å². The third-order valence-electron chi connectivity index (χ3n) is 4.06. The van der Waals surface area contributed by atoms with E-state index in [9.17, 15) is 25.9 Å². The predicted molar refractivity (Wildman–Crippen MR) is 109 cm³/mol. The molecular weight excluding hydrogens is 432 g/mol. The summed E-state index contributed by atoms with van der Waals surface area (Å²) in [5, 5.41) is 0. The summed E-state index contributed by atoms with van der Waals surface area (Å²) in [6.45, 7) is 3.67. The predicted octanol–water partition coefficient (Wildman–Crippen LogP) is 4.38. The molecule has 2 N–H and O–H groups in total. The molecule has 3 rings (SSSR count). The van der Waals surface area contributed by atoms with Crippen molar-refractivity contribution in [3.05, 3.63) is 71.8 Å². The normalized spacial score (nSPS) is 11.9. The molecule has 0 saturated carbocycles. The average molecular weight is 450 g/mol. The SMILES string of the molecule is Cc1ccc(Oc2cc(S(=O)(=O)O)c(Oc3ccc(C)cc3)cc2S(=O)(=O)O)cc1. The Labute approximate surface area is 174 Å². The van der Waals surface area contributed by atoms with Crippen molar-refractivity contribution in [2.45, 2.75) is 23.6 Å². The van der Waals surface area contributed by atoms with Crippen molar-refractivity contribution in [2.75, 3.05) is 0 Å². The summed E-state index contributed by atoms with van der Waals surface area (Å²) in [7, 11) is -9.65. The van der Waals surface area contributed by atoms with E-state index in [-0.39, 0.29) is 11.5 Å². The molecule has 0 aliphatic carbocycles. The maximum Gasteiger partial charge on any atom is 0.298 e. The standard InChI is InChI=1S/C20H18O8S2/c1-13-3-7-15(8-4-13)27-17-11-20(30(24,25)26)18(12-19(17)29(21,22)23)28-16-9-5-14(2)6-10-16/h3-12H,1-2H3,(H,21,22,23)(H,24,25,26). The molecule has 0 unspecified atom stereocenters. The summed E-state index contributed by atoms with van der Waals surface area (Å²) in [6.07, 6.45) is 0. The first kappa shape index (κ1) is 21.8. The first-order valence-corrected chi connectivity index (χ1v) is 11.4. The molecule has 8 nitrogen and oxygen atoms in total. The topological polar surface area (TPSA) is 127 Å². The fourth-order valence-corrected chi connectivity index (χ4v) is 3.77. The van der Waals surface area contributed by atoms with E-state index in [1.54, 1.807) is 24.3 Å². The second-order valence-electron chi connectivity index (χ2n) is 6.53. The number of hydrogen-bond donors (Lipinski definition) is 2. The van der Waals surface area contributed by atoms with Gasteiger partial charge < -0.3 is 9.47 Å². The minimum absolute atomic E-state index is 0.194. The van der Waals surface area contributed by atoms with Crippen molar-refractivity contribution < 1.29 is 35.4 Å². The molecule has 3 aromatic carbocycles. The van der Waals surface area contributed by atoms with Crippen LogP contribution in [0.1, 0.15) is 11.1 Å². The van der Waals surface area contributed by atoms with Crippen LogP contribution >= 0.6 is 0 Å². The van der Waals surface area contributed by atoms with E-state index in [2.05, 4.69) is 0 Å². The highest BCUT2D eigenvalue weighted by atomic mass is 32.2. The average Bonchev–Trinajstić information content (AvgIpc) is 2.64. The lowest BCUT2D eigenvalue weighted by Gasteiger charge is -2.15. The van der Waals surface area contributed by atoms with Crippen LogP contribution in [-0.4, -0.2) is 25.9 Å². The number of rotatable bonds is 6. The van der Waals surface area contributed by atoms with Crippen LogP contribution in [0, 0.1) is 13.8 Å². The van der Waals surface area contributed by atoms with E-state index >= 15 is 0 Å². The second-order valence-corrected chi connectivity index (χ2v) is 9.31. The molecule has 0 radical (unpaired) electrons. The van der Waals surface area contributed by atoms with Gasteiger partial charge in [0.15, 0.2) is 0 Å². The molecule has 158 valence electrons. The van der Waals surface area contributed by atoms with Gasteiger partial charge in [-0.1, -0.05) is 35.4 Å². The van der Waals surface area contributed by atoms with Crippen molar-refractivity contribution in [1.29, 1.82) is 0 Å². The minimum Gasteiger partial charge on any atom is -0.456 e. The molecule has 0 aliphatic rings. The van der Waals surface area contributed by atoms with Gasteiger partial charge in [0.05, 0.1) is 0 Å². The van der Waals surface area contributed by atoms with Gasteiger partial charge in [0.1, 0.15) is 32.8 Å². The van der Waals surface area contributed by atoms with Gasteiger partial charge in [0, 0.05) is 12.1 Å². The van der Waals surface area contributed by atoms with Gasteiger partial charge >= 0.3 is 0 Å². The fraction of sp³-hybridized carbons (Fsp3) is 0.100. The molecule has 0 bridgehead atoms. The first-order valence-electron chi connectivity index (χ1n) is 8.55. The highest BCUT2D eigenvalue weighted by molar-refractivity contribution is 7.86. The Kier molecular flexibility index (Phi) is 5.86. The van der Waals surface area contributed by atoms with E-state index < -0.39 is 41.5 Å². The lowest BCUT2D eigenvalue weighted by Crippen LogP contribution is -2.07. The van der Waals surface area contributed by atoms with Crippen molar-refractivity contribution in [2.24, 2.45) is 0 Å². The smallest absolute Gasteiger partial charge is 0.298 e. The quantitative estimate of drug-likeness (QED) is 0.530. The Hall–Kier alpha value is -2.92. The van der Waals surface area contributed by atoms with Crippen molar-refractivity contribution >= 4 is 20.2 Å². The Morgan fingerprint density at radius 2 is 0.900 bits per heavy atom. The molecule has 30 heavy (non-hydrogen) atoms. The number of ether oxygens (including phenoxy) is 2. The zero-order valence-corrected chi connectivity index (χ0v) is 17.6. The van der Waals surface area contributed by atoms with Crippen LogP contribution < -0.4 is 9.47 Å². The summed E-state index contributed by atoms with van der Waals surface area (Å²) in [5.74, 6) is -0.603. The number of aryl methyl sites for hydroxylation is 2. The molecule has 0 fully saturated rings. The van der Waals surface area contributed by atoms with Crippen LogP contribution in [-0.2, 0) is 20.2 Å². The molecule has 0 aliphatic heterocycles. The van der Waals surface area contributed by atoms with Crippen molar-refractivity contribution in [1.82, 2.24) is 0 Å². The maximum atomic E-state index is 11.9. The van der Waals surface area contributed by atoms with E-state index in [4.69, 9.17) is 9.47 Å². The van der Waals surface area contributed by atoms with E-state index in [0.717, 1.165) is 23.3 Å². The largest absolute Gasteiger partial charge is 0.456 e. The molecule has 0 atom stereocenters. The molecule has 0 amide bonds. The molecule has 10 heteroatoms. The third kappa shape index (κ3) is 5.16. The minimum atomic E-state index is -4.83. The van der Waals surface area contributed by atoms with Crippen LogP contribution in [0.2, 0.25) is 0 Å². The molecular formula is C20H18O8S2. The number of benzene rings is 3. The van der Waals surface area contributed by atoms with Gasteiger partial charge in [0.2, 0.25) is 0 Å². The van der Waals surface area contributed by atoms with Crippen LogP contribution in [0.4, 0.5) is 0 Å². The fourth-order valence-electron chi connectivity index (χ4n) is 2.55. The molecule has 0 aromatic heterocycles. The van der Waals surface area contributed by atoms with Gasteiger partial charge in [-0.3, -0.25) is 9.11 Å². The van der Waals surface area contributed by atoms with E-state index in [1.807, 2.05) is 13.8 Å². The lowest BCUT2D eigenvalue weighted by atomic mass is 10.2. The Morgan fingerprint density at radius 1 is 0.600 bits per heavy atom. The summed E-state index contributed by atoms with van der Waals surface area (Å²) in [6, 6.07) is 14.5. The van der Waals surface area contributed by atoms with Crippen LogP contribution in [0.5, 0.6) is 23.0 Å². The highest BCUT2D eigenvalue weighted by Gasteiger charge is 2.27. The summed E-state index contributed by atoms with van der Waals surface area (Å²) < 4.78 is 77.9. The number of hydrogen-bond acceptors (Lipinski definition) is 6. The zero-order chi connectivity index (χ0) is 22.1. The summed E-state index contributed by atoms with van der Waals surface area (Å²) in [4.78, 5) is -1.45. The Balaban J connectivity index is 2.17. The molecule has 3 aromatic rings. The maximum absolute atomic E-state index is 11.9. The molecule has 0 spiro atoms. The summed E-state index contributed by atoms with van der Waals surface area (Å²) >= 11 is 0. The van der Waals surface area contributed by atoms with Crippen LogP contribution in [0.15, 0.2) is 70.5 Å². The van der Waals surface area contributed by atoms with Crippen molar-refractivity contribution in [3.8, 4) is 23.0 Å². The molecule has 0 heterocycles. The lowest BCUT2D eigenvalue weighted by molar-refractivity contribution is 0.426. The third-order valence-corrected chi connectivity index (χ3v) is 5.81. The monoisotopic (exact) mass is 450 g/mol. The Bertz CT molecular complexity index is 1170. The van der Waals surface area contributed by atoms with Crippen LogP contribution in [0.25, 0.3) is 0 Å². The van der Waals surface area contributed by atoms with E-state index in [1.165, 1.54) is 24.3 Å². The van der Waals surface area contributed by atoms with Crippen LogP contribution in [0.3, 0.4) is 0 Å². The van der Waals surface area contributed by atoms with E-state index in [0.29, 0.717) is 0 Å².